The molecule has 0 aliphatic carbocycles. The van der Waals surface area contributed by atoms with E-state index in [4.69, 9.17) is 4.74 Å². The second-order valence-electron chi connectivity index (χ2n) is 4.65. The van der Waals surface area contributed by atoms with Crippen LogP contribution in [0.15, 0.2) is 39.3 Å². The van der Waals surface area contributed by atoms with Crippen LogP contribution in [-0.4, -0.2) is 11.7 Å². The normalized spacial score (nSPS) is 14.8. The molecule has 3 rings (SSSR count). The Bertz CT molecular complexity index is 673. The third-order valence-electron chi connectivity index (χ3n) is 3.33. The van der Waals surface area contributed by atoms with Crippen LogP contribution in [0.1, 0.15) is 22.8 Å². The average molecular weight is 402 g/mol. The van der Waals surface area contributed by atoms with Gasteiger partial charge in [0.15, 0.2) is 0 Å². The molecule has 1 aliphatic rings. The van der Waals surface area contributed by atoms with Crippen LogP contribution in [0.4, 0.5) is 4.39 Å². The fraction of sp³-hybridized carbons (Fsp3) is 0.200. The quantitative estimate of drug-likeness (QED) is 0.809. The Kier molecular flexibility index (Phi) is 3.84. The van der Waals surface area contributed by atoms with Gasteiger partial charge in [-0.15, -0.1) is 0 Å². The molecule has 1 heterocycles. The lowest BCUT2D eigenvalue weighted by Crippen LogP contribution is -2.05. The summed E-state index contributed by atoms with van der Waals surface area (Å²) in [6.07, 6.45) is -0.246. The first-order valence-corrected chi connectivity index (χ1v) is 7.73. The SMILES string of the molecule is OC(c1ccc(Br)cc1F)c1cc(Br)cc2c1OCC2. The highest BCUT2D eigenvalue weighted by Gasteiger charge is 2.24. The Balaban J connectivity index is 2.09. The first kappa shape index (κ1) is 14.0. The predicted molar refractivity (Wildman–Crippen MR) is 81.5 cm³/mol. The van der Waals surface area contributed by atoms with Gasteiger partial charge >= 0.3 is 0 Å². The van der Waals surface area contributed by atoms with E-state index in [9.17, 15) is 9.50 Å². The summed E-state index contributed by atoms with van der Waals surface area (Å²) in [6, 6.07) is 8.37. The molecule has 0 spiro atoms. The van der Waals surface area contributed by atoms with Crippen molar-refractivity contribution in [3.63, 3.8) is 0 Å². The molecule has 2 aromatic rings. The number of rotatable bonds is 2. The van der Waals surface area contributed by atoms with Crippen molar-refractivity contribution in [2.45, 2.75) is 12.5 Å². The molecule has 0 saturated heterocycles. The summed E-state index contributed by atoms with van der Waals surface area (Å²) in [5.41, 5.74) is 1.86. The first-order chi connectivity index (χ1) is 9.56. The van der Waals surface area contributed by atoms with Crippen LogP contribution < -0.4 is 4.74 Å². The van der Waals surface area contributed by atoms with E-state index < -0.39 is 11.9 Å². The second-order valence-corrected chi connectivity index (χ2v) is 6.48. The van der Waals surface area contributed by atoms with Crippen LogP contribution in [0.2, 0.25) is 0 Å². The van der Waals surface area contributed by atoms with E-state index in [1.165, 1.54) is 6.07 Å². The summed E-state index contributed by atoms with van der Waals surface area (Å²) in [6.45, 7) is 0.592. The van der Waals surface area contributed by atoms with Gasteiger partial charge in [-0.3, -0.25) is 0 Å². The molecule has 104 valence electrons. The van der Waals surface area contributed by atoms with E-state index in [0.717, 1.165) is 16.5 Å². The van der Waals surface area contributed by atoms with Gasteiger partial charge in [0.2, 0.25) is 0 Å². The molecule has 0 amide bonds. The van der Waals surface area contributed by atoms with Crippen LogP contribution >= 0.6 is 31.9 Å². The zero-order chi connectivity index (χ0) is 14.3. The molecule has 0 radical (unpaired) electrons. The van der Waals surface area contributed by atoms with Gasteiger partial charge in [-0.05, 0) is 29.8 Å². The number of halogens is 3. The van der Waals surface area contributed by atoms with E-state index in [0.29, 0.717) is 22.4 Å². The van der Waals surface area contributed by atoms with Crippen molar-refractivity contribution in [1.29, 1.82) is 0 Å². The van der Waals surface area contributed by atoms with Gasteiger partial charge < -0.3 is 9.84 Å². The van der Waals surface area contributed by atoms with Crippen molar-refractivity contribution in [3.8, 4) is 5.75 Å². The van der Waals surface area contributed by atoms with Gasteiger partial charge in [-0.2, -0.15) is 0 Å². The molecular weight excluding hydrogens is 391 g/mol. The minimum absolute atomic E-state index is 0.240. The largest absolute Gasteiger partial charge is 0.493 e. The van der Waals surface area contributed by atoms with E-state index in [1.54, 1.807) is 18.2 Å². The minimum Gasteiger partial charge on any atom is -0.493 e. The maximum atomic E-state index is 14.0. The molecule has 0 bridgehead atoms. The highest BCUT2D eigenvalue weighted by atomic mass is 79.9. The van der Waals surface area contributed by atoms with E-state index in [2.05, 4.69) is 31.9 Å². The van der Waals surface area contributed by atoms with Crippen LogP contribution in [0, 0.1) is 5.82 Å². The molecule has 20 heavy (non-hydrogen) atoms. The maximum Gasteiger partial charge on any atom is 0.130 e. The van der Waals surface area contributed by atoms with Crippen molar-refractivity contribution in [3.05, 3.63) is 61.8 Å². The predicted octanol–water partition coefficient (Wildman–Crippen LogP) is 4.37. The Labute approximate surface area is 132 Å². The molecule has 2 nitrogen and oxygen atoms in total. The molecule has 5 heteroatoms. The fourth-order valence-electron chi connectivity index (χ4n) is 2.39. The standard InChI is InChI=1S/C15H11Br2FO2/c16-9-1-2-11(13(18)7-9)14(19)12-6-10(17)5-8-3-4-20-15(8)12/h1-2,5-7,14,19H,3-4H2. The molecule has 1 atom stereocenters. The Morgan fingerprint density at radius 2 is 1.90 bits per heavy atom. The monoisotopic (exact) mass is 400 g/mol. The number of fused-ring (bicyclic) bond motifs is 1. The Hall–Kier alpha value is -0.910. The summed E-state index contributed by atoms with van der Waals surface area (Å²) in [5, 5.41) is 10.5. The van der Waals surface area contributed by atoms with Crippen molar-refractivity contribution >= 4 is 31.9 Å². The lowest BCUT2D eigenvalue weighted by molar-refractivity contribution is 0.208. The lowest BCUT2D eigenvalue weighted by Gasteiger charge is -2.16. The highest BCUT2D eigenvalue weighted by Crippen LogP contribution is 2.39. The molecule has 2 aromatic carbocycles. The van der Waals surface area contributed by atoms with Gasteiger partial charge in [0.25, 0.3) is 0 Å². The smallest absolute Gasteiger partial charge is 0.130 e. The Morgan fingerprint density at radius 1 is 1.10 bits per heavy atom. The van der Waals surface area contributed by atoms with Gasteiger partial charge in [0, 0.05) is 26.5 Å². The zero-order valence-corrected chi connectivity index (χ0v) is 13.5. The molecule has 0 fully saturated rings. The number of ether oxygens (including phenoxy) is 1. The fourth-order valence-corrected chi connectivity index (χ4v) is 3.25. The molecule has 1 unspecified atom stereocenters. The molecule has 0 aromatic heterocycles. The topological polar surface area (TPSA) is 29.5 Å². The van der Waals surface area contributed by atoms with Crippen molar-refractivity contribution in [2.75, 3.05) is 6.61 Å². The summed E-state index contributed by atoms with van der Waals surface area (Å²) in [4.78, 5) is 0. The number of aliphatic hydroxyl groups is 1. The molecular formula is C15H11Br2FO2. The first-order valence-electron chi connectivity index (χ1n) is 6.14. The summed E-state index contributed by atoms with van der Waals surface area (Å²) >= 11 is 6.63. The molecule has 1 aliphatic heterocycles. The number of hydrogen-bond acceptors (Lipinski definition) is 2. The molecule has 0 saturated carbocycles. The van der Waals surface area contributed by atoms with Gasteiger partial charge in [0.05, 0.1) is 6.61 Å². The van der Waals surface area contributed by atoms with Gasteiger partial charge in [-0.25, -0.2) is 4.39 Å². The minimum atomic E-state index is -1.05. The van der Waals surface area contributed by atoms with Crippen molar-refractivity contribution in [2.24, 2.45) is 0 Å². The molecule has 1 N–H and O–H groups in total. The lowest BCUT2D eigenvalue weighted by atomic mass is 9.98. The van der Waals surface area contributed by atoms with Crippen molar-refractivity contribution in [1.82, 2.24) is 0 Å². The van der Waals surface area contributed by atoms with E-state index >= 15 is 0 Å². The number of aliphatic hydroxyl groups excluding tert-OH is 1. The summed E-state index contributed by atoms with van der Waals surface area (Å²) in [5.74, 6) is 0.224. The highest BCUT2D eigenvalue weighted by molar-refractivity contribution is 9.10. The van der Waals surface area contributed by atoms with E-state index in [1.807, 2.05) is 6.07 Å². The van der Waals surface area contributed by atoms with Crippen LogP contribution in [0.25, 0.3) is 0 Å². The Morgan fingerprint density at radius 3 is 2.65 bits per heavy atom. The van der Waals surface area contributed by atoms with Crippen LogP contribution in [0.5, 0.6) is 5.75 Å². The second kappa shape index (κ2) is 5.47. The number of benzene rings is 2. The third kappa shape index (κ3) is 2.50. The van der Waals surface area contributed by atoms with Crippen LogP contribution in [0.3, 0.4) is 0 Å². The van der Waals surface area contributed by atoms with Crippen LogP contribution in [-0.2, 0) is 6.42 Å². The summed E-state index contributed by atoms with van der Waals surface area (Å²) in [7, 11) is 0. The third-order valence-corrected chi connectivity index (χ3v) is 4.28. The van der Waals surface area contributed by atoms with Crippen molar-refractivity contribution < 1.29 is 14.2 Å². The van der Waals surface area contributed by atoms with Gasteiger partial charge in [0.1, 0.15) is 17.7 Å². The zero-order valence-electron chi connectivity index (χ0n) is 10.4. The average Bonchev–Trinajstić information content (AvgIpc) is 2.85. The van der Waals surface area contributed by atoms with E-state index in [-0.39, 0.29) is 5.56 Å². The summed E-state index contributed by atoms with van der Waals surface area (Å²) < 4.78 is 21.1. The number of hydrogen-bond donors (Lipinski definition) is 1. The van der Waals surface area contributed by atoms with Gasteiger partial charge in [-0.1, -0.05) is 37.9 Å². The maximum absolute atomic E-state index is 14.0.